The second-order valence-corrected chi connectivity index (χ2v) is 8.79. The van der Waals surface area contributed by atoms with Gasteiger partial charge >= 0.3 is 24.4 Å². The number of aromatic nitrogens is 3. The molecule has 1 fully saturated rings. The summed E-state index contributed by atoms with van der Waals surface area (Å²) in [6, 6.07) is 6.54. The maximum absolute atomic E-state index is 13.4. The molecule has 1 aliphatic rings. The Kier molecular flexibility index (Phi) is 8.37. The van der Waals surface area contributed by atoms with Crippen molar-refractivity contribution in [2.24, 2.45) is 0 Å². The molecule has 214 valence electrons. The van der Waals surface area contributed by atoms with Crippen LogP contribution in [-0.4, -0.2) is 64.8 Å². The summed E-state index contributed by atoms with van der Waals surface area (Å²) >= 11 is 5.73. The summed E-state index contributed by atoms with van der Waals surface area (Å²) in [5.41, 5.74) is -0.762. The van der Waals surface area contributed by atoms with Gasteiger partial charge in [-0.3, -0.25) is 0 Å². The summed E-state index contributed by atoms with van der Waals surface area (Å²) in [6.07, 6.45) is -9.33. The lowest BCUT2D eigenvalue weighted by Crippen LogP contribution is -2.50. The predicted octanol–water partition coefficient (Wildman–Crippen LogP) is 5.72. The van der Waals surface area contributed by atoms with Gasteiger partial charge in [0.1, 0.15) is 5.82 Å². The number of ether oxygens (including phenoxy) is 1. The third kappa shape index (κ3) is 7.74. The highest BCUT2D eigenvalue weighted by atomic mass is 35.5. The maximum atomic E-state index is 13.4. The summed E-state index contributed by atoms with van der Waals surface area (Å²) < 4.78 is 95.4. The Morgan fingerprint density at radius 2 is 1.68 bits per heavy atom. The number of urea groups is 1. The van der Waals surface area contributed by atoms with Crippen LogP contribution in [0.5, 0.6) is 6.01 Å². The number of carbonyl (C=O) groups is 1. The van der Waals surface area contributed by atoms with Gasteiger partial charge in [-0.15, -0.1) is 0 Å². The van der Waals surface area contributed by atoms with Crippen molar-refractivity contribution >= 4 is 40.9 Å². The predicted molar refractivity (Wildman–Crippen MR) is 130 cm³/mol. The van der Waals surface area contributed by atoms with E-state index in [1.54, 1.807) is 0 Å². The first-order valence-corrected chi connectivity index (χ1v) is 11.8. The van der Waals surface area contributed by atoms with Crippen LogP contribution in [0.2, 0.25) is 5.02 Å². The Hall–Kier alpha value is -4.08. The summed E-state index contributed by atoms with van der Waals surface area (Å²) in [5, 5.41) is 4.95. The number of nitrogens with zero attached hydrogens (tertiary/aromatic N) is 5. The average Bonchev–Trinajstić information content (AvgIpc) is 2.89. The SMILES string of the molecule is O=C(Nc1ccc(F)c(Cl)c1)N1CCN(c2nc(Nc3cccc(C(F)(F)F)c3)nc(OCC(F)(F)F)n2)CC1. The van der Waals surface area contributed by atoms with Crippen LogP contribution in [0.15, 0.2) is 42.5 Å². The standard InChI is InChI=1S/C23H19ClF7N7O2/c24-16-11-15(4-5-17(16)25)33-21(39)38-8-6-37(7-9-38)19-34-18(35-20(36-19)40-12-22(26,27)28)32-14-3-1-2-13(10-14)23(29,30)31/h1-5,10-11H,6-9,12H2,(H,33,39)(H,32,34,35,36). The van der Waals surface area contributed by atoms with Crippen molar-refractivity contribution in [1.29, 1.82) is 0 Å². The molecule has 2 heterocycles. The molecule has 17 heteroatoms. The van der Waals surface area contributed by atoms with Gasteiger partial charge in [0, 0.05) is 37.6 Å². The highest BCUT2D eigenvalue weighted by Crippen LogP contribution is 2.31. The van der Waals surface area contributed by atoms with E-state index in [0.29, 0.717) is 0 Å². The normalized spacial score (nSPS) is 14.2. The molecule has 1 aliphatic heterocycles. The molecule has 0 aliphatic carbocycles. The molecule has 0 atom stereocenters. The molecule has 0 bridgehead atoms. The highest BCUT2D eigenvalue weighted by Gasteiger charge is 2.31. The number of anilines is 4. The summed E-state index contributed by atoms with van der Waals surface area (Å²) in [5.74, 6) is -1.12. The fourth-order valence-corrected chi connectivity index (χ4v) is 3.72. The number of piperazine rings is 1. The number of hydrogen-bond acceptors (Lipinski definition) is 7. The van der Waals surface area contributed by atoms with Crippen molar-refractivity contribution in [3.63, 3.8) is 0 Å². The summed E-state index contributed by atoms with van der Waals surface area (Å²) in [6.45, 7) is -1.14. The lowest BCUT2D eigenvalue weighted by atomic mass is 10.2. The van der Waals surface area contributed by atoms with Gasteiger partial charge in [0.25, 0.3) is 0 Å². The van der Waals surface area contributed by atoms with E-state index in [0.717, 1.165) is 24.3 Å². The molecular weight excluding hydrogens is 575 g/mol. The van der Waals surface area contributed by atoms with Gasteiger partial charge in [-0.25, -0.2) is 9.18 Å². The number of amides is 2. The first-order valence-electron chi connectivity index (χ1n) is 11.4. The van der Waals surface area contributed by atoms with Gasteiger partial charge in [-0.05, 0) is 36.4 Å². The Morgan fingerprint density at radius 3 is 2.33 bits per heavy atom. The van der Waals surface area contributed by atoms with Crippen LogP contribution in [0, 0.1) is 5.82 Å². The Morgan fingerprint density at radius 1 is 0.950 bits per heavy atom. The zero-order valence-corrected chi connectivity index (χ0v) is 20.9. The van der Waals surface area contributed by atoms with E-state index >= 15 is 0 Å². The summed E-state index contributed by atoms with van der Waals surface area (Å²) in [4.78, 5) is 27.3. The molecule has 1 saturated heterocycles. The van der Waals surface area contributed by atoms with Gasteiger partial charge < -0.3 is 25.2 Å². The van der Waals surface area contributed by atoms with Gasteiger partial charge in [0.05, 0.1) is 10.6 Å². The second kappa shape index (κ2) is 11.6. The first-order chi connectivity index (χ1) is 18.8. The van der Waals surface area contributed by atoms with Crippen molar-refractivity contribution < 1.29 is 40.3 Å². The summed E-state index contributed by atoms with van der Waals surface area (Å²) in [7, 11) is 0. The van der Waals surface area contributed by atoms with Crippen molar-refractivity contribution in [1.82, 2.24) is 19.9 Å². The lowest BCUT2D eigenvalue weighted by molar-refractivity contribution is -0.154. The molecule has 0 saturated carbocycles. The van der Waals surface area contributed by atoms with E-state index in [2.05, 4.69) is 30.3 Å². The maximum Gasteiger partial charge on any atom is 0.422 e. The van der Waals surface area contributed by atoms with E-state index in [4.69, 9.17) is 11.6 Å². The van der Waals surface area contributed by atoms with Crippen molar-refractivity contribution in [2.45, 2.75) is 12.4 Å². The third-order valence-corrected chi connectivity index (χ3v) is 5.72. The molecule has 0 unspecified atom stereocenters. The second-order valence-electron chi connectivity index (χ2n) is 8.38. The van der Waals surface area contributed by atoms with Crippen LogP contribution < -0.4 is 20.3 Å². The van der Waals surface area contributed by atoms with E-state index < -0.39 is 42.4 Å². The number of alkyl halides is 6. The lowest BCUT2D eigenvalue weighted by Gasteiger charge is -2.34. The highest BCUT2D eigenvalue weighted by molar-refractivity contribution is 6.31. The molecule has 3 aromatic rings. The molecular formula is C23H19ClF7N7O2. The minimum atomic E-state index is -4.70. The molecule has 2 aromatic carbocycles. The zero-order valence-electron chi connectivity index (χ0n) is 20.2. The number of carbonyl (C=O) groups excluding carboxylic acids is 1. The van der Waals surface area contributed by atoms with Crippen molar-refractivity contribution in [3.8, 4) is 6.01 Å². The number of halogens is 8. The quantitative estimate of drug-likeness (QED) is 0.353. The van der Waals surface area contributed by atoms with E-state index in [9.17, 15) is 35.5 Å². The van der Waals surface area contributed by atoms with Gasteiger partial charge in [0.2, 0.25) is 11.9 Å². The molecule has 40 heavy (non-hydrogen) atoms. The molecule has 2 amide bonds. The molecule has 2 N–H and O–H groups in total. The Balaban J connectivity index is 1.49. The number of benzene rings is 2. The van der Waals surface area contributed by atoms with E-state index in [1.807, 2.05) is 0 Å². The van der Waals surface area contributed by atoms with Crippen LogP contribution in [-0.2, 0) is 6.18 Å². The van der Waals surface area contributed by atoms with E-state index in [-0.39, 0.29) is 54.5 Å². The van der Waals surface area contributed by atoms with E-state index in [1.165, 1.54) is 28.0 Å². The van der Waals surface area contributed by atoms with Crippen LogP contribution in [0.25, 0.3) is 0 Å². The third-order valence-electron chi connectivity index (χ3n) is 5.43. The van der Waals surface area contributed by atoms with Gasteiger partial charge in [-0.2, -0.15) is 41.3 Å². The monoisotopic (exact) mass is 593 g/mol. The number of nitrogens with one attached hydrogen (secondary N) is 2. The topological polar surface area (TPSA) is 95.5 Å². The van der Waals surface area contributed by atoms with Gasteiger partial charge in [0.15, 0.2) is 6.61 Å². The van der Waals surface area contributed by atoms with Crippen molar-refractivity contribution in [3.05, 3.63) is 58.9 Å². The Labute approximate surface area is 226 Å². The first kappa shape index (κ1) is 28.9. The molecule has 4 rings (SSSR count). The minimum Gasteiger partial charge on any atom is -0.454 e. The Bertz CT molecular complexity index is 1370. The zero-order chi connectivity index (χ0) is 29.1. The van der Waals surface area contributed by atoms with Crippen LogP contribution >= 0.6 is 11.6 Å². The largest absolute Gasteiger partial charge is 0.454 e. The van der Waals surface area contributed by atoms with Crippen molar-refractivity contribution in [2.75, 3.05) is 48.3 Å². The fraction of sp³-hybridized carbons (Fsp3) is 0.304. The fourth-order valence-electron chi connectivity index (χ4n) is 3.54. The van der Waals surface area contributed by atoms with Crippen LogP contribution in [0.3, 0.4) is 0 Å². The molecule has 1 aromatic heterocycles. The molecule has 0 radical (unpaired) electrons. The van der Waals surface area contributed by atoms with Crippen LogP contribution in [0.4, 0.5) is 58.8 Å². The van der Waals surface area contributed by atoms with Gasteiger partial charge in [-0.1, -0.05) is 17.7 Å². The number of rotatable bonds is 6. The molecule has 0 spiro atoms. The number of hydrogen-bond donors (Lipinski definition) is 2. The van der Waals surface area contributed by atoms with Crippen LogP contribution in [0.1, 0.15) is 5.56 Å². The average molecular weight is 594 g/mol. The molecule has 9 nitrogen and oxygen atoms in total. The smallest absolute Gasteiger partial charge is 0.422 e. The minimum absolute atomic E-state index is 0.0730.